The lowest BCUT2D eigenvalue weighted by atomic mass is 10.0. The molecule has 1 atom stereocenters. The number of carbonyl (C=O) groups excluding carboxylic acids is 1. The van der Waals surface area contributed by atoms with E-state index >= 15 is 0 Å². The van der Waals surface area contributed by atoms with Crippen LogP contribution in [0.15, 0.2) is 24.4 Å². The van der Waals surface area contributed by atoms with Gasteiger partial charge in [0.05, 0.1) is 6.04 Å². The average Bonchev–Trinajstić information content (AvgIpc) is 2.99. The Kier molecular flexibility index (Phi) is 5.03. The Bertz CT molecular complexity index is 695. The molecule has 3 rings (SSSR count). The van der Waals surface area contributed by atoms with Gasteiger partial charge in [0.1, 0.15) is 5.82 Å². The molecule has 1 aliphatic heterocycles. The van der Waals surface area contributed by atoms with Crippen molar-refractivity contribution in [2.24, 2.45) is 0 Å². The smallest absolute Gasteiger partial charge is 0.243 e. The predicted molar refractivity (Wildman–Crippen MR) is 90.3 cm³/mol. The standard InChI is InChI=1S/C17H20FN3OS/c1-11-5-6-12(9-14(11)18)8-13-10-20-17(23-13)21-16(22)15-4-2-3-7-19-15/h5-6,9-10,15,19H,2-4,7-8H2,1H3,(H,20,21,22)/t15-/m0/s1. The van der Waals surface area contributed by atoms with Crippen molar-refractivity contribution in [3.05, 3.63) is 46.2 Å². The summed E-state index contributed by atoms with van der Waals surface area (Å²) in [6, 6.07) is 5.13. The molecule has 1 aromatic carbocycles. The van der Waals surface area contributed by atoms with Gasteiger partial charge in [-0.05, 0) is 43.5 Å². The highest BCUT2D eigenvalue weighted by Crippen LogP contribution is 2.22. The van der Waals surface area contributed by atoms with Crippen molar-refractivity contribution in [2.75, 3.05) is 11.9 Å². The molecule has 0 unspecified atom stereocenters. The number of aryl methyl sites for hydroxylation is 1. The molecule has 2 heterocycles. The summed E-state index contributed by atoms with van der Waals surface area (Å²) in [5, 5.41) is 6.69. The number of rotatable bonds is 4. The Morgan fingerprint density at radius 2 is 2.35 bits per heavy atom. The van der Waals surface area contributed by atoms with Crippen LogP contribution in [-0.2, 0) is 11.2 Å². The van der Waals surface area contributed by atoms with Crippen LogP contribution in [0, 0.1) is 12.7 Å². The van der Waals surface area contributed by atoms with Gasteiger partial charge >= 0.3 is 0 Å². The van der Waals surface area contributed by atoms with Gasteiger partial charge in [-0.15, -0.1) is 11.3 Å². The Balaban J connectivity index is 1.61. The zero-order chi connectivity index (χ0) is 16.2. The van der Waals surface area contributed by atoms with Gasteiger partial charge in [-0.3, -0.25) is 4.79 Å². The highest BCUT2D eigenvalue weighted by atomic mass is 32.1. The Morgan fingerprint density at radius 3 is 3.09 bits per heavy atom. The zero-order valence-electron chi connectivity index (χ0n) is 13.1. The number of hydrogen-bond donors (Lipinski definition) is 2. The zero-order valence-corrected chi connectivity index (χ0v) is 13.9. The Morgan fingerprint density at radius 1 is 1.48 bits per heavy atom. The topological polar surface area (TPSA) is 54.0 Å². The number of nitrogens with zero attached hydrogens (tertiary/aromatic N) is 1. The maximum absolute atomic E-state index is 13.6. The SMILES string of the molecule is Cc1ccc(Cc2cnc(NC(=O)[C@@H]3CCCCN3)s2)cc1F. The molecule has 2 N–H and O–H groups in total. The molecule has 6 heteroatoms. The van der Waals surface area contributed by atoms with Crippen molar-refractivity contribution in [1.82, 2.24) is 10.3 Å². The number of nitrogens with one attached hydrogen (secondary N) is 2. The van der Waals surface area contributed by atoms with E-state index in [9.17, 15) is 9.18 Å². The summed E-state index contributed by atoms with van der Waals surface area (Å²) in [7, 11) is 0. The minimum absolute atomic E-state index is 0.0213. The van der Waals surface area contributed by atoms with Crippen molar-refractivity contribution in [2.45, 2.75) is 38.6 Å². The van der Waals surface area contributed by atoms with Crippen LogP contribution in [0.5, 0.6) is 0 Å². The second kappa shape index (κ2) is 7.19. The highest BCUT2D eigenvalue weighted by Gasteiger charge is 2.21. The van der Waals surface area contributed by atoms with Gasteiger partial charge in [0, 0.05) is 17.5 Å². The maximum Gasteiger partial charge on any atom is 0.243 e. The third kappa shape index (κ3) is 4.14. The molecule has 1 aliphatic rings. The molecule has 0 bridgehead atoms. The van der Waals surface area contributed by atoms with Crippen molar-refractivity contribution in [3.8, 4) is 0 Å². The van der Waals surface area contributed by atoms with Gasteiger partial charge in [0.2, 0.25) is 5.91 Å². The lowest BCUT2D eigenvalue weighted by Crippen LogP contribution is -2.43. The first-order valence-corrected chi connectivity index (χ1v) is 8.67. The van der Waals surface area contributed by atoms with E-state index in [4.69, 9.17) is 0 Å². The van der Waals surface area contributed by atoms with E-state index in [0.717, 1.165) is 36.2 Å². The largest absolute Gasteiger partial charge is 0.306 e. The summed E-state index contributed by atoms with van der Waals surface area (Å²) < 4.78 is 13.6. The third-order valence-electron chi connectivity index (χ3n) is 4.03. The summed E-state index contributed by atoms with van der Waals surface area (Å²) in [6.07, 6.45) is 5.43. The number of hydrogen-bond acceptors (Lipinski definition) is 4. The van der Waals surface area contributed by atoms with Gasteiger partial charge in [0.15, 0.2) is 5.13 Å². The van der Waals surface area contributed by atoms with Crippen molar-refractivity contribution in [3.63, 3.8) is 0 Å². The average molecular weight is 333 g/mol. The number of anilines is 1. The van der Waals surface area contributed by atoms with Crippen LogP contribution in [0.1, 0.15) is 35.3 Å². The molecule has 23 heavy (non-hydrogen) atoms. The fraction of sp³-hybridized carbons (Fsp3) is 0.412. The first-order valence-electron chi connectivity index (χ1n) is 7.86. The highest BCUT2D eigenvalue weighted by molar-refractivity contribution is 7.15. The number of piperidine rings is 1. The van der Waals surface area contributed by atoms with E-state index in [2.05, 4.69) is 15.6 Å². The molecular formula is C17H20FN3OS. The maximum atomic E-state index is 13.6. The second-order valence-electron chi connectivity index (χ2n) is 5.88. The van der Waals surface area contributed by atoms with Crippen LogP contribution >= 0.6 is 11.3 Å². The van der Waals surface area contributed by atoms with Gasteiger partial charge in [-0.2, -0.15) is 0 Å². The molecule has 1 aromatic heterocycles. The number of aromatic nitrogens is 1. The van der Waals surface area contributed by atoms with E-state index in [-0.39, 0.29) is 17.8 Å². The first-order chi connectivity index (χ1) is 11.1. The predicted octanol–water partition coefficient (Wildman–Crippen LogP) is 3.26. The molecule has 0 saturated carbocycles. The Labute approximate surface area is 139 Å². The van der Waals surface area contributed by atoms with Crippen LogP contribution in [0.3, 0.4) is 0 Å². The number of halogens is 1. The first kappa shape index (κ1) is 16.1. The van der Waals surface area contributed by atoms with E-state index in [1.165, 1.54) is 11.3 Å². The van der Waals surface area contributed by atoms with Crippen LogP contribution in [0.25, 0.3) is 0 Å². The normalized spacial score (nSPS) is 17.9. The summed E-state index contributed by atoms with van der Waals surface area (Å²) >= 11 is 1.44. The van der Waals surface area contributed by atoms with Crippen LogP contribution in [0.2, 0.25) is 0 Å². The molecule has 1 saturated heterocycles. The minimum Gasteiger partial charge on any atom is -0.306 e. The summed E-state index contributed by atoms with van der Waals surface area (Å²) in [5.41, 5.74) is 1.55. The molecule has 2 aromatic rings. The van der Waals surface area contributed by atoms with Crippen LogP contribution in [-0.4, -0.2) is 23.5 Å². The third-order valence-corrected chi connectivity index (χ3v) is 4.94. The molecule has 1 fully saturated rings. The lowest BCUT2D eigenvalue weighted by Gasteiger charge is -2.21. The monoisotopic (exact) mass is 333 g/mol. The molecule has 1 amide bonds. The number of carbonyl (C=O) groups is 1. The molecule has 0 radical (unpaired) electrons. The summed E-state index contributed by atoms with van der Waals surface area (Å²) in [6.45, 7) is 2.64. The fourth-order valence-corrected chi connectivity index (χ4v) is 3.51. The van der Waals surface area contributed by atoms with Gasteiger partial charge in [-0.1, -0.05) is 18.6 Å². The molecule has 122 valence electrons. The quantitative estimate of drug-likeness (QED) is 0.903. The molecule has 0 aliphatic carbocycles. The molecular weight excluding hydrogens is 313 g/mol. The molecule has 0 spiro atoms. The van der Waals surface area contributed by atoms with E-state index in [1.807, 2.05) is 6.07 Å². The number of amides is 1. The minimum atomic E-state index is -0.191. The second-order valence-corrected chi connectivity index (χ2v) is 7.00. The number of benzene rings is 1. The summed E-state index contributed by atoms with van der Waals surface area (Å²) in [4.78, 5) is 17.4. The Hall–Kier alpha value is -1.79. The van der Waals surface area contributed by atoms with Gasteiger partial charge in [-0.25, -0.2) is 9.37 Å². The van der Waals surface area contributed by atoms with Crippen molar-refractivity contribution in [1.29, 1.82) is 0 Å². The van der Waals surface area contributed by atoms with Crippen molar-refractivity contribution >= 4 is 22.4 Å². The lowest BCUT2D eigenvalue weighted by molar-refractivity contribution is -0.118. The van der Waals surface area contributed by atoms with Gasteiger partial charge < -0.3 is 10.6 Å². The van der Waals surface area contributed by atoms with E-state index in [0.29, 0.717) is 17.1 Å². The summed E-state index contributed by atoms with van der Waals surface area (Å²) in [5.74, 6) is -0.212. The van der Waals surface area contributed by atoms with E-state index in [1.54, 1.807) is 25.3 Å². The van der Waals surface area contributed by atoms with Crippen LogP contribution < -0.4 is 10.6 Å². The van der Waals surface area contributed by atoms with E-state index < -0.39 is 0 Å². The van der Waals surface area contributed by atoms with Crippen LogP contribution in [0.4, 0.5) is 9.52 Å². The number of thiazole rings is 1. The molecule has 4 nitrogen and oxygen atoms in total. The van der Waals surface area contributed by atoms with Crippen molar-refractivity contribution < 1.29 is 9.18 Å². The fourth-order valence-electron chi connectivity index (χ4n) is 2.66. The van der Waals surface area contributed by atoms with Gasteiger partial charge in [0.25, 0.3) is 0 Å².